The first kappa shape index (κ1) is 24.3. The van der Waals surface area contributed by atoms with Crippen molar-refractivity contribution in [1.82, 2.24) is 35.0 Å². The fourth-order valence-corrected chi connectivity index (χ4v) is 5.19. The Labute approximate surface area is 217 Å². The average molecular weight is 516 g/mol. The Morgan fingerprint density at radius 3 is 2.81 bits per heavy atom. The Morgan fingerprint density at radius 1 is 1.22 bits per heavy atom. The van der Waals surface area contributed by atoms with E-state index in [4.69, 9.17) is 5.26 Å². The van der Waals surface area contributed by atoms with Crippen LogP contribution in [0.1, 0.15) is 42.6 Å². The highest BCUT2D eigenvalue weighted by molar-refractivity contribution is 7.16. The number of pyridine rings is 1. The zero-order valence-corrected chi connectivity index (χ0v) is 21.4. The molecule has 37 heavy (non-hydrogen) atoms. The Hall–Kier alpha value is -4.37. The maximum absolute atomic E-state index is 13.0. The molecule has 0 unspecified atom stereocenters. The van der Waals surface area contributed by atoms with E-state index in [9.17, 15) is 9.59 Å². The van der Waals surface area contributed by atoms with Gasteiger partial charge in [0.2, 0.25) is 10.9 Å². The lowest BCUT2D eigenvalue weighted by Gasteiger charge is -2.15. The first-order chi connectivity index (χ1) is 17.8. The molecule has 1 saturated heterocycles. The molecule has 11 nitrogen and oxygen atoms in total. The van der Waals surface area contributed by atoms with Crippen molar-refractivity contribution >= 4 is 34.4 Å². The zero-order valence-electron chi connectivity index (χ0n) is 20.6. The number of anilines is 1. The second-order valence-electron chi connectivity index (χ2n) is 9.18. The summed E-state index contributed by atoms with van der Waals surface area (Å²) >= 11 is 1.22. The van der Waals surface area contributed by atoms with Gasteiger partial charge in [0.05, 0.1) is 34.2 Å². The third-order valence-electron chi connectivity index (χ3n) is 5.96. The Kier molecular flexibility index (Phi) is 6.54. The number of nitrogens with one attached hydrogen (secondary N) is 2. The molecule has 0 radical (unpaired) electrons. The molecule has 0 bridgehead atoms. The van der Waals surface area contributed by atoms with Gasteiger partial charge in [0.15, 0.2) is 5.01 Å². The van der Waals surface area contributed by atoms with Crippen molar-refractivity contribution < 1.29 is 9.59 Å². The summed E-state index contributed by atoms with van der Waals surface area (Å²) in [6.45, 7) is 6.57. The Bertz CT molecular complexity index is 1530. The second-order valence-corrected chi connectivity index (χ2v) is 10.2. The van der Waals surface area contributed by atoms with Gasteiger partial charge in [-0.25, -0.2) is 4.52 Å². The molecule has 0 saturated carbocycles. The summed E-state index contributed by atoms with van der Waals surface area (Å²) in [5, 5.41) is 29.2. The Balaban J connectivity index is 1.44. The normalized spacial score (nSPS) is 15.2. The third kappa shape index (κ3) is 4.99. The number of hydrogen-bond acceptors (Lipinski definition) is 9. The number of aromatic nitrogens is 5. The summed E-state index contributed by atoms with van der Waals surface area (Å²) in [6.07, 6.45) is 3.96. The number of hydrogen-bond donors (Lipinski definition) is 2. The van der Waals surface area contributed by atoms with Crippen LogP contribution in [-0.2, 0) is 4.79 Å². The molecule has 0 spiro atoms. The van der Waals surface area contributed by atoms with E-state index < -0.39 is 0 Å². The molecule has 4 aromatic rings. The monoisotopic (exact) mass is 515 g/mol. The molecule has 12 heteroatoms. The Morgan fingerprint density at radius 2 is 2.05 bits per heavy atom. The number of nitrogens with zero attached hydrogens (tertiary/aromatic N) is 7. The van der Waals surface area contributed by atoms with Crippen LogP contribution in [0, 0.1) is 11.3 Å². The lowest BCUT2D eigenvalue weighted by Crippen LogP contribution is -2.37. The van der Waals surface area contributed by atoms with Crippen molar-refractivity contribution in [2.75, 3.05) is 18.4 Å². The minimum atomic E-state index is -0.193. The van der Waals surface area contributed by atoms with Crippen LogP contribution in [-0.4, -0.2) is 66.7 Å². The lowest BCUT2D eigenvalue weighted by atomic mass is 10.1. The maximum atomic E-state index is 13.0. The van der Waals surface area contributed by atoms with Crippen LogP contribution in [0.2, 0.25) is 0 Å². The highest BCUT2D eigenvalue weighted by Gasteiger charge is 2.29. The second kappa shape index (κ2) is 9.94. The van der Waals surface area contributed by atoms with E-state index in [-0.39, 0.29) is 23.9 Å². The standard InChI is InChI=1S/C25H25N9O2S/c1-14(2)29-20-9-21(22-5-4-18-8-16(10-26)11-28-34(18)22)27-12-19(20)23-31-32-24(37-23)25(36)33-7-6-17(13-33)30-15(3)35/h4-5,8-9,11-12,14,17H,6-7,13H2,1-3H3,(H,27,29)(H,30,35)/t17-/m1/s1. The molecule has 4 aromatic heterocycles. The quantitative estimate of drug-likeness (QED) is 0.399. The summed E-state index contributed by atoms with van der Waals surface area (Å²) in [4.78, 5) is 30.7. The van der Waals surface area contributed by atoms with Crippen molar-refractivity contribution in [3.8, 4) is 28.0 Å². The summed E-state index contributed by atoms with van der Waals surface area (Å²) in [5.74, 6) is -0.295. The average Bonchev–Trinajstić information content (AvgIpc) is 3.62. The van der Waals surface area contributed by atoms with E-state index in [1.165, 1.54) is 24.5 Å². The molecule has 1 aliphatic rings. The van der Waals surface area contributed by atoms with Crippen LogP contribution in [0.4, 0.5) is 5.69 Å². The maximum Gasteiger partial charge on any atom is 0.284 e. The number of likely N-dealkylation sites (tertiary alicyclic amines) is 1. The zero-order chi connectivity index (χ0) is 26.1. The van der Waals surface area contributed by atoms with E-state index in [0.717, 1.165) is 22.5 Å². The van der Waals surface area contributed by atoms with E-state index in [2.05, 4.69) is 37.0 Å². The molecule has 188 valence electrons. The molecule has 1 fully saturated rings. The molecule has 1 aliphatic heterocycles. The molecular weight excluding hydrogens is 490 g/mol. The van der Waals surface area contributed by atoms with Gasteiger partial charge in [0.1, 0.15) is 6.07 Å². The first-order valence-corrected chi connectivity index (χ1v) is 12.7. The van der Waals surface area contributed by atoms with Gasteiger partial charge in [0, 0.05) is 44.0 Å². The van der Waals surface area contributed by atoms with Crippen LogP contribution < -0.4 is 10.6 Å². The summed E-state index contributed by atoms with van der Waals surface area (Å²) in [6, 6.07) is 9.71. The van der Waals surface area contributed by atoms with E-state index in [1.807, 2.05) is 32.0 Å². The molecule has 5 heterocycles. The third-order valence-corrected chi connectivity index (χ3v) is 6.91. The molecule has 5 rings (SSSR count). The van der Waals surface area contributed by atoms with Gasteiger partial charge in [0.25, 0.3) is 5.91 Å². The van der Waals surface area contributed by atoms with Crippen molar-refractivity contribution in [3.05, 3.63) is 47.2 Å². The lowest BCUT2D eigenvalue weighted by molar-refractivity contribution is -0.119. The van der Waals surface area contributed by atoms with Crippen molar-refractivity contribution in [1.29, 1.82) is 5.26 Å². The minimum Gasteiger partial charge on any atom is -0.382 e. The highest BCUT2D eigenvalue weighted by atomic mass is 32.1. The number of nitriles is 1. The predicted molar refractivity (Wildman–Crippen MR) is 139 cm³/mol. The van der Waals surface area contributed by atoms with Crippen LogP contribution in [0.3, 0.4) is 0 Å². The van der Waals surface area contributed by atoms with E-state index in [1.54, 1.807) is 21.7 Å². The summed E-state index contributed by atoms with van der Waals surface area (Å²) in [7, 11) is 0. The van der Waals surface area contributed by atoms with Crippen LogP contribution in [0.5, 0.6) is 0 Å². The molecular formula is C25H25N9O2S. The number of amides is 2. The number of fused-ring (bicyclic) bond motifs is 1. The molecule has 2 N–H and O–H groups in total. The van der Waals surface area contributed by atoms with Crippen molar-refractivity contribution in [3.63, 3.8) is 0 Å². The topological polar surface area (TPSA) is 141 Å². The SMILES string of the molecule is CC(=O)N[C@@H]1CCN(C(=O)c2nnc(-c3cnc(-c4ccc5cc(C#N)cnn45)cc3NC(C)C)s2)C1. The molecule has 2 amide bonds. The largest absolute Gasteiger partial charge is 0.382 e. The molecule has 0 aromatic carbocycles. The van der Waals surface area contributed by atoms with Crippen molar-refractivity contribution in [2.45, 2.75) is 39.3 Å². The van der Waals surface area contributed by atoms with Gasteiger partial charge in [-0.2, -0.15) is 10.4 Å². The smallest absolute Gasteiger partial charge is 0.284 e. The van der Waals surface area contributed by atoms with Gasteiger partial charge >= 0.3 is 0 Å². The summed E-state index contributed by atoms with van der Waals surface area (Å²) < 4.78 is 1.74. The molecule has 1 atom stereocenters. The summed E-state index contributed by atoms with van der Waals surface area (Å²) in [5.41, 5.74) is 4.33. The highest BCUT2D eigenvalue weighted by Crippen LogP contribution is 2.34. The van der Waals surface area contributed by atoms with Gasteiger partial charge in [-0.1, -0.05) is 11.3 Å². The number of carbonyl (C=O) groups is 2. The minimum absolute atomic E-state index is 0.0430. The van der Waals surface area contributed by atoms with Crippen LogP contribution >= 0.6 is 11.3 Å². The van der Waals surface area contributed by atoms with Crippen molar-refractivity contribution in [2.24, 2.45) is 0 Å². The van der Waals surface area contributed by atoms with E-state index >= 15 is 0 Å². The van der Waals surface area contributed by atoms with Gasteiger partial charge in [-0.3, -0.25) is 14.6 Å². The van der Waals surface area contributed by atoms with E-state index in [0.29, 0.717) is 40.8 Å². The van der Waals surface area contributed by atoms with Gasteiger partial charge in [-0.05, 0) is 44.5 Å². The number of carbonyl (C=O) groups excluding carboxylic acids is 2. The predicted octanol–water partition coefficient (Wildman–Crippen LogP) is 2.96. The van der Waals surface area contributed by atoms with Crippen LogP contribution in [0.25, 0.3) is 27.5 Å². The van der Waals surface area contributed by atoms with Gasteiger partial charge < -0.3 is 15.5 Å². The van der Waals surface area contributed by atoms with Crippen LogP contribution in [0.15, 0.2) is 36.7 Å². The fourth-order valence-electron chi connectivity index (χ4n) is 4.35. The fraction of sp³-hybridized carbons (Fsp3) is 0.320. The first-order valence-electron chi connectivity index (χ1n) is 11.9. The molecule has 0 aliphatic carbocycles. The van der Waals surface area contributed by atoms with Gasteiger partial charge in [-0.15, -0.1) is 10.2 Å². The number of rotatable bonds is 6.